The average Bonchev–Trinajstić information content (AvgIpc) is 3.46. The molecule has 0 spiro atoms. The maximum Gasteiger partial charge on any atom is 0.416 e. The summed E-state index contributed by atoms with van der Waals surface area (Å²) in [5.41, 5.74) is -3.52. The molecule has 11 nitrogen and oxygen atoms in total. The van der Waals surface area contributed by atoms with E-state index in [-0.39, 0.29) is 34.0 Å². The lowest BCUT2D eigenvalue weighted by Gasteiger charge is -2.21. The Kier molecular flexibility index (Phi) is 8.28. The first kappa shape index (κ1) is 31.5. The molecule has 0 saturated heterocycles. The molecule has 1 aliphatic rings. The van der Waals surface area contributed by atoms with Crippen LogP contribution in [0.2, 0.25) is 0 Å². The molecule has 2 heterocycles. The Morgan fingerprint density at radius 2 is 1.71 bits per heavy atom. The van der Waals surface area contributed by atoms with Crippen molar-refractivity contribution in [2.24, 2.45) is 13.0 Å². The lowest BCUT2D eigenvalue weighted by Crippen LogP contribution is -2.40. The summed E-state index contributed by atoms with van der Waals surface area (Å²) in [4.78, 5) is 42.9. The standard InChI is InChI=1S/C30H27F3N6O5S/c1-18-25(28(41)37(3)29(42)38(18)23-11-7-10-20(16-23)30(31,32)33)26-24(17-35-39(26)22-14-12-21(34-2)13-15-22)45(43,44)36-27(40)19-8-5-4-6-9-19/h7,10-17,19H,4-6,8-9H2,1,3H3,(H,36,40). The second-order valence-electron chi connectivity index (χ2n) is 10.7. The molecule has 1 aliphatic carbocycles. The van der Waals surface area contributed by atoms with Gasteiger partial charge in [-0.2, -0.15) is 18.3 Å². The SMILES string of the molecule is [C-]#[N+]c1ccc(-n2ncc(S(=O)(=O)NC(=O)C3CCCCC3)c2-c2c(C)n(-c3cccc(C(F)(F)F)c3)c(=O)n(C)c2=O)cc1. The predicted molar refractivity (Wildman–Crippen MR) is 158 cm³/mol. The number of halogens is 3. The van der Waals surface area contributed by atoms with E-state index in [4.69, 9.17) is 6.57 Å². The second-order valence-corrected chi connectivity index (χ2v) is 12.3. The number of carbonyl (C=O) groups is 1. The number of amides is 1. The fourth-order valence-corrected chi connectivity index (χ4v) is 6.64. The van der Waals surface area contributed by atoms with E-state index in [1.165, 1.54) is 37.3 Å². The first-order valence-electron chi connectivity index (χ1n) is 13.9. The molecule has 1 amide bonds. The Morgan fingerprint density at radius 3 is 2.33 bits per heavy atom. The maximum absolute atomic E-state index is 13.8. The van der Waals surface area contributed by atoms with Gasteiger partial charge < -0.3 is 0 Å². The summed E-state index contributed by atoms with van der Waals surface area (Å²) >= 11 is 0. The van der Waals surface area contributed by atoms with Crippen LogP contribution in [-0.2, 0) is 28.0 Å². The molecule has 45 heavy (non-hydrogen) atoms. The fourth-order valence-electron chi connectivity index (χ4n) is 5.47. The summed E-state index contributed by atoms with van der Waals surface area (Å²) in [6, 6.07) is 9.74. The van der Waals surface area contributed by atoms with Gasteiger partial charge in [-0.3, -0.25) is 18.7 Å². The van der Waals surface area contributed by atoms with Crippen LogP contribution in [0.1, 0.15) is 43.4 Å². The number of sulfonamides is 1. The van der Waals surface area contributed by atoms with Crippen molar-refractivity contribution in [3.05, 3.63) is 98.2 Å². The highest BCUT2D eigenvalue weighted by Gasteiger charge is 2.34. The van der Waals surface area contributed by atoms with Crippen LogP contribution < -0.4 is 16.0 Å². The number of benzene rings is 2. The monoisotopic (exact) mass is 640 g/mol. The van der Waals surface area contributed by atoms with Crippen LogP contribution in [0.5, 0.6) is 0 Å². The highest BCUT2D eigenvalue weighted by Crippen LogP contribution is 2.33. The van der Waals surface area contributed by atoms with E-state index in [1.807, 2.05) is 0 Å². The molecule has 1 N–H and O–H groups in total. The zero-order valence-electron chi connectivity index (χ0n) is 24.1. The molecule has 0 bridgehead atoms. The van der Waals surface area contributed by atoms with Crippen LogP contribution in [-0.4, -0.2) is 33.2 Å². The Morgan fingerprint density at radius 1 is 1.04 bits per heavy atom. The van der Waals surface area contributed by atoms with Gasteiger partial charge in [-0.05, 0) is 50.1 Å². The third-order valence-corrected chi connectivity index (χ3v) is 9.17. The number of aromatic nitrogens is 4. The number of rotatable bonds is 6. The minimum atomic E-state index is -4.73. The second kappa shape index (κ2) is 11.8. The number of nitrogens with one attached hydrogen (secondary N) is 1. The van der Waals surface area contributed by atoms with E-state index in [1.54, 1.807) is 0 Å². The lowest BCUT2D eigenvalue weighted by molar-refractivity contribution is -0.137. The summed E-state index contributed by atoms with van der Waals surface area (Å²) in [6.07, 6.45) is -0.268. The normalized spacial score (nSPS) is 14.2. The summed E-state index contributed by atoms with van der Waals surface area (Å²) in [6.45, 7) is 8.53. The van der Waals surface area contributed by atoms with Gasteiger partial charge in [0.15, 0.2) is 5.69 Å². The van der Waals surface area contributed by atoms with Crippen molar-refractivity contribution >= 4 is 21.6 Å². The molecule has 1 fully saturated rings. The number of hydrogen-bond donors (Lipinski definition) is 1. The fraction of sp³-hybridized carbons (Fsp3) is 0.300. The van der Waals surface area contributed by atoms with E-state index >= 15 is 0 Å². The number of nitrogens with zero attached hydrogens (tertiary/aromatic N) is 5. The molecule has 5 rings (SSSR count). The molecule has 0 aliphatic heterocycles. The van der Waals surface area contributed by atoms with Gasteiger partial charge in [-0.15, -0.1) is 0 Å². The van der Waals surface area contributed by atoms with Crippen LogP contribution in [0.3, 0.4) is 0 Å². The van der Waals surface area contributed by atoms with Gasteiger partial charge in [0, 0.05) is 18.7 Å². The number of alkyl halides is 3. The van der Waals surface area contributed by atoms with Crippen molar-refractivity contribution < 1.29 is 26.4 Å². The molecule has 1 saturated carbocycles. The highest BCUT2D eigenvalue weighted by atomic mass is 32.2. The van der Waals surface area contributed by atoms with Crippen molar-refractivity contribution in [1.29, 1.82) is 0 Å². The third kappa shape index (κ3) is 5.93. The largest absolute Gasteiger partial charge is 0.416 e. The van der Waals surface area contributed by atoms with Crippen LogP contribution in [0, 0.1) is 19.4 Å². The first-order chi connectivity index (χ1) is 21.2. The van der Waals surface area contributed by atoms with E-state index in [0.29, 0.717) is 17.4 Å². The Labute approximate surface area is 255 Å². The zero-order valence-corrected chi connectivity index (χ0v) is 24.9. The van der Waals surface area contributed by atoms with Gasteiger partial charge in [0.25, 0.3) is 15.6 Å². The van der Waals surface area contributed by atoms with Crippen LogP contribution >= 0.6 is 0 Å². The van der Waals surface area contributed by atoms with E-state index in [9.17, 15) is 36.0 Å². The Balaban J connectivity index is 1.78. The quantitative estimate of drug-likeness (QED) is 0.306. The van der Waals surface area contributed by atoms with E-state index in [2.05, 4.69) is 14.7 Å². The lowest BCUT2D eigenvalue weighted by atomic mass is 9.89. The van der Waals surface area contributed by atoms with Gasteiger partial charge in [-0.1, -0.05) is 37.5 Å². The molecule has 0 radical (unpaired) electrons. The molecule has 0 unspecified atom stereocenters. The van der Waals surface area contributed by atoms with E-state index < -0.39 is 49.7 Å². The molecule has 234 valence electrons. The van der Waals surface area contributed by atoms with Gasteiger partial charge >= 0.3 is 11.9 Å². The number of hydrogen-bond acceptors (Lipinski definition) is 6. The van der Waals surface area contributed by atoms with Crippen molar-refractivity contribution in [3.8, 4) is 22.6 Å². The first-order valence-corrected chi connectivity index (χ1v) is 15.4. The van der Waals surface area contributed by atoms with Gasteiger partial charge in [0.2, 0.25) is 5.91 Å². The molecule has 15 heteroatoms. The predicted octanol–water partition coefficient (Wildman–Crippen LogP) is 4.65. The molecule has 2 aromatic heterocycles. The molecule has 4 aromatic rings. The topological polar surface area (TPSA) is 129 Å². The van der Waals surface area contributed by atoms with Crippen molar-refractivity contribution in [3.63, 3.8) is 0 Å². The third-order valence-electron chi connectivity index (χ3n) is 7.82. The van der Waals surface area contributed by atoms with Crippen molar-refractivity contribution in [2.75, 3.05) is 0 Å². The summed E-state index contributed by atoms with van der Waals surface area (Å²) in [7, 11) is -3.55. The Bertz CT molecular complexity index is 2070. The maximum atomic E-state index is 13.8. The highest BCUT2D eigenvalue weighted by molar-refractivity contribution is 7.90. The summed E-state index contributed by atoms with van der Waals surface area (Å²) < 4.78 is 73.0. The summed E-state index contributed by atoms with van der Waals surface area (Å²) in [5, 5.41) is 4.21. The minimum absolute atomic E-state index is 0.169. The zero-order chi connectivity index (χ0) is 32.7. The Hall–Kier alpha value is -4.97. The smallest absolute Gasteiger partial charge is 0.274 e. The average molecular weight is 641 g/mol. The van der Waals surface area contributed by atoms with Gasteiger partial charge in [0.1, 0.15) is 10.6 Å². The van der Waals surface area contributed by atoms with Gasteiger partial charge in [-0.25, -0.2) is 27.5 Å². The van der Waals surface area contributed by atoms with Crippen molar-refractivity contribution in [1.82, 2.24) is 23.6 Å². The van der Waals surface area contributed by atoms with Crippen molar-refractivity contribution in [2.45, 2.75) is 50.1 Å². The molecule has 2 aromatic carbocycles. The van der Waals surface area contributed by atoms with Crippen LogP contribution in [0.4, 0.5) is 18.9 Å². The summed E-state index contributed by atoms with van der Waals surface area (Å²) in [5.74, 6) is -1.22. The minimum Gasteiger partial charge on any atom is -0.274 e. The van der Waals surface area contributed by atoms with Gasteiger partial charge in [0.05, 0.1) is 35.3 Å². The molecular weight excluding hydrogens is 613 g/mol. The van der Waals surface area contributed by atoms with Crippen LogP contribution in [0.25, 0.3) is 27.5 Å². The van der Waals surface area contributed by atoms with E-state index in [0.717, 1.165) is 60.0 Å². The van der Waals surface area contributed by atoms with Crippen LogP contribution in [0.15, 0.2) is 69.2 Å². The molecular formula is C30H27F3N6O5S. The number of carbonyl (C=O) groups excluding carboxylic acids is 1. The molecule has 0 atom stereocenters.